The molecule has 1 aliphatic rings. The van der Waals surface area contributed by atoms with E-state index >= 15 is 0 Å². The van der Waals surface area contributed by atoms with Gasteiger partial charge >= 0.3 is 5.97 Å². The fourth-order valence-corrected chi connectivity index (χ4v) is 1.94. The molecule has 0 saturated heterocycles. The van der Waals surface area contributed by atoms with Crippen LogP contribution in [0.25, 0.3) is 0 Å². The van der Waals surface area contributed by atoms with Gasteiger partial charge in [-0.25, -0.2) is 14.8 Å². The van der Waals surface area contributed by atoms with Crippen molar-refractivity contribution in [1.29, 1.82) is 0 Å². The minimum absolute atomic E-state index is 0.112. The van der Waals surface area contributed by atoms with E-state index in [1.54, 1.807) is 0 Å². The summed E-state index contributed by atoms with van der Waals surface area (Å²) in [5.41, 5.74) is 5.64. The number of aromatic nitrogens is 2. The van der Waals surface area contributed by atoms with Gasteiger partial charge in [0.1, 0.15) is 0 Å². The number of nitrogen functional groups attached to an aromatic ring is 1. The van der Waals surface area contributed by atoms with Crippen LogP contribution in [0.1, 0.15) is 36.2 Å². The number of hydrogen-bond acceptors (Lipinski definition) is 5. The number of carbonyl (C=O) groups is 1. The van der Waals surface area contributed by atoms with Crippen molar-refractivity contribution in [2.45, 2.75) is 25.7 Å². The number of anilines is 1. The zero-order valence-corrected chi connectivity index (χ0v) is 9.06. The van der Waals surface area contributed by atoms with Gasteiger partial charge in [-0.05, 0) is 18.8 Å². The number of nitrogens with two attached hydrogens (primary N) is 1. The van der Waals surface area contributed by atoms with Crippen LogP contribution in [0.4, 0.5) is 5.82 Å². The predicted molar refractivity (Wildman–Crippen MR) is 58.7 cm³/mol. The van der Waals surface area contributed by atoms with E-state index in [-0.39, 0.29) is 11.5 Å². The van der Waals surface area contributed by atoms with Crippen LogP contribution in [0.5, 0.6) is 0 Å². The van der Waals surface area contributed by atoms with Crippen LogP contribution in [-0.2, 0) is 4.74 Å². The summed E-state index contributed by atoms with van der Waals surface area (Å²) < 4.78 is 5.17. The van der Waals surface area contributed by atoms with Gasteiger partial charge < -0.3 is 10.5 Å². The summed E-state index contributed by atoms with van der Waals surface area (Å²) in [6, 6.07) is 0. The third kappa shape index (κ3) is 2.48. The summed E-state index contributed by atoms with van der Waals surface area (Å²) in [4.78, 5) is 19.3. The third-order valence-corrected chi connectivity index (χ3v) is 2.84. The van der Waals surface area contributed by atoms with Gasteiger partial charge in [0, 0.05) is 12.4 Å². The smallest absolute Gasteiger partial charge is 0.360 e. The summed E-state index contributed by atoms with van der Waals surface area (Å²) in [5.74, 6) is 0.151. The average Bonchev–Trinajstić information content (AvgIpc) is 2.79. The van der Waals surface area contributed by atoms with Crippen molar-refractivity contribution in [2.24, 2.45) is 5.92 Å². The lowest BCUT2D eigenvalue weighted by Gasteiger charge is -2.09. The van der Waals surface area contributed by atoms with Gasteiger partial charge in [0.2, 0.25) is 0 Å². The monoisotopic (exact) mass is 221 g/mol. The minimum Gasteiger partial charge on any atom is -0.461 e. The van der Waals surface area contributed by atoms with Gasteiger partial charge in [-0.2, -0.15) is 0 Å². The Morgan fingerprint density at radius 3 is 2.75 bits per heavy atom. The molecule has 5 nitrogen and oxygen atoms in total. The van der Waals surface area contributed by atoms with Gasteiger partial charge in [0.05, 0.1) is 6.61 Å². The molecule has 1 aromatic rings. The molecule has 0 bridgehead atoms. The number of hydrogen-bond donors (Lipinski definition) is 1. The first-order valence-corrected chi connectivity index (χ1v) is 5.51. The molecule has 1 heterocycles. The van der Waals surface area contributed by atoms with E-state index in [0.29, 0.717) is 12.5 Å². The summed E-state index contributed by atoms with van der Waals surface area (Å²) >= 11 is 0. The van der Waals surface area contributed by atoms with E-state index in [1.165, 1.54) is 25.2 Å². The topological polar surface area (TPSA) is 78.1 Å². The van der Waals surface area contributed by atoms with Crippen molar-refractivity contribution in [3.05, 3.63) is 18.1 Å². The van der Waals surface area contributed by atoms with Crippen molar-refractivity contribution in [3.63, 3.8) is 0 Å². The summed E-state index contributed by atoms with van der Waals surface area (Å²) in [6.45, 7) is 0.467. The minimum atomic E-state index is -0.475. The Bertz CT molecular complexity index is 375. The van der Waals surface area contributed by atoms with E-state index in [4.69, 9.17) is 10.5 Å². The molecule has 1 saturated carbocycles. The van der Waals surface area contributed by atoms with E-state index in [1.807, 2.05) is 0 Å². The lowest BCUT2D eigenvalue weighted by molar-refractivity contribution is 0.0436. The second-order valence-electron chi connectivity index (χ2n) is 4.04. The zero-order chi connectivity index (χ0) is 11.4. The van der Waals surface area contributed by atoms with E-state index in [9.17, 15) is 4.79 Å². The summed E-state index contributed by atoms with van der Waals surface area (Å²) in [7, 11) is 0. The molecule has 0 atom stereocenters. The second-order valence-corrected chi connectivity index (χ2v) is 4.04. The highest BCUT2D eigenvalue weighted by molar-refractivity contribution is 5.91. The van der Waals surface area contributed by atoms with E-state index in [0.717, 1.165) is 12.8 Å². The van der Waals surface area contributed by atoms with Gasteiger partial charge in [0.15, 0.2) is 11.5 Å². The fourth-order valence-electron chi connectivity index (χ4n) is 1.94. The second kappa shape index (κ2) is 4.92. The fraction of sp³-hybridized carbons (Fsp3) is 0.545. The van der Waals surface area contributed by atoms with Crippen molar-refractivity contribution in [1.82, 2.24) is 9.97 Å². The maximum atomic E-state index is 11.6. The molecule has 2 rings (SSSR count). The zero-order valence-electron chi connectivity index (χ0n) is 9.06. The van der Waals surface area contributed by atoms with Crippen molar-refractivity contribution in [2.75, 3.05) is 12.3 Å². The Balaban J connectivity index is 1.90. The van der Waals surface area contributed by atoms with Crippen LogP contribution in [0, 0.1) is 5.92 Å². The van der Waals surface area contributed by atoms with Crippen molar-refractivity contribution >= 4 is 11.8 Å². The predicted octanol–water partition coefficient (Wildman–Crippen LogP) is 1.41. The molecule has 86 valence electrons. The van der Waals surface area contributed by atoms with Crippen molar-refractivity contribution in [3.8, 4) is 0 Å². The first-order valence-electron chi connectivity index (χ1n) is 5.51. The lowest BCUT2D eigenvalue weighted by atomic mass is 10.1. The largest absolute Gasteiger partial charge is 0.461 e. The van der Waals surface area contributed by atoms with Gasteiger partial charge in [-0.15, -0.1) is 0 Å². The van der Waals surface area contributed by atoms with E-state index < -0.39 is 5.97 Å². The quantitative estimate of drug-likeness (QED) is 0.780. The Hall–Kier alpha value is -1.65. The Kier molecular flexibility index (Phi) is 3.34. The molecule has 2 N–H and O–H groups in total. The van der Waals surface area contributed by atoms with E-state index in [2.05, 4.69) is 9.97 Å². The Labute approximate surface area is 94.0 Å². The highest BCUT2D eigenvalue weighted by Gasteiger charge is 2.19. The van der Waals surface area contributed by atoms with Gasteiger partial charge in [-0.3, -0.25) is 0 Å². The third-order valence-electron chi connectivity index (χ3n) is 2.84. The summed E-state index contributed by atoms with van der Waals surface area (Å²) in [5, 5.41) is 0. The number of carbonyl (C=O) groups excluding carboxylic acids is 1. The first-order chi connectivity index (χ1) is 7.77. The molecule has 0 aromatic carbocycles. The number of rotatable bonds is 3. The first kappa shape index (κ1) is 10.9. The molecule has 5 heteroatoms. The average molecular weight is 221 g/mol. The SMILES string of the molecule is Nc1nccnc1C(=O)OCC1CCCC1. The molecule has 1 aromatic heterocycles. The molecule has 16 heavy (non-hydrogen) atoms. The lowest BCUT2D eigenvalue weighted by Crippen LogP contribution is -2.15. The maximum absolute atomic E-state index is 11.6. The number of esters is 1. The molecular weight excluding hydrogens is 206 g/mol. The van der Waals surface area contributed by atoms with Crippen LogP contribution in [0.15, 0.2) is 12.4 Å². The molecule has 0 amide bonds. The highest BCUT2D eigenvalue weighted by Crippen LogP contribution is 2.25. The van der Waals surface area contributed by atoms with Gasteiger partial charge in [-0.1, -0.05) is 12.8 Å². The molecule has 0 radical (unpaired) electrons. The molecule has 0 aliphatic heterocycles. The Morgan fingerprint density at radius 2 is 2.06 bits per heavy atom. The normalized spacial score (nSPS) is 16.2. The van der Waals surface area contributed by atoms with Gasteiger partial charge in [0.25, 0.3) is 0 Å². The maximum Gasteiger partial charge on any atom is 0.360 e. The molecule has 1 fully saturated rings. The van der Waals surface area contributed by atoms with Crippen LogP contribution in [0.2, 0.25) is 0 Å². The standard InChI is InChI=1S/C11H15N3O2/c12-10-9(13-5-6-14-10)11(15)16-7-8-3-1-2-4-8/h5-6,8H,1-4,7H2,(H2,12,14). The molecule has 0 unspecified atom stereocenters. The highest BCUT2D eigenvalue weighted by atomic mass is 16.5. The molecule has 0 spiro atoms. The van der Waals surface area contributed by atoms with Crippen LogP contribution in [-0.4, -0.2) is 22.5 Å². The molecular formula is C11H15N3O2. The number of nitrogens with zero attached hydrogens (tertiary/aromatic N) is 2. The van der Waals surface area contributed by atoms with Crippen molar-refractivity contribution < 1.29 is 9.53 Å². The van der Waals surface area contributed by atoms with Crippen LogP contribution < -0.4 is 5.73 Å². The Morgan fingerprint density at radius 1 is 1.38 bits per heavy atom. The van der Waals surface area contributed by atoms with Crippen LogP contribution >= 0.6 is 0 Å². The van der Waals surface area contributed by atoms with Crippen LogP contribution in [0.3, 0.4) is 0 Å². The number of ether oxygens (including phenoxy) is 1. The molecule has 1 aliphatic carbocycles. The summed E-state index contributed by atoms with van der Waals surface area (Å²) in [6.07, 6.45) is 7.63.